The highest BCUT2D eigenvalue weighted by molar-refractivity contribution is 6.01. The van der Waals surface area contributed by atoms with Gasteiger partial charge in [-0.25, -0.2) is 8.78 Å². The summed E-state index contributed by atoms with van der Waals surface area (Å²) in [6.45, 7) is 3.67. The Bertz CT molecular complexity index is 1140. The fraction of sp³-hybridized carbons (Fsp3) is 0.240. The molecule has 0 saturated heterocycles. The Kier molecular flexibility index (Phi) is 8.13. The third-order valence-corrected chi connectivity index (χ3v) is 5.00. The second-order valence-electron chi connectivity index (χ2n) is 7.79. The number of benzene rings is 2. The van der Waals surface area contributed by atoms with Crippen LogP contribution < -0.4 is 20.1 Å². The highest BCUT2D eigenvalue weighted by atomic mass is 19.1. The molecule has 0 aliphatic carbocycles. The van der Waals surface area contributed by atoms with E-state index in [0.717, 1.165) is 23.8 Å². The predicted molar refractivity (Wildman–Crippen MR) is 123 cm³/mol. The zero-order chi connectivity index (χ0) is 24.7. The Labute approximate surface area is 196 Å². The molecule has 2 aromatic carbocycles. The Hall–Kier alpha value is -4.01. The number of pyridine rings is 1. The van der Waals surface area contributed by atoms with E-state index < -0.39 is 35.1 Å². The van der Waals surface area contributed by atoms with E-state index in [9.17, 15) is 18.4 Å². The third-order valence-electron chi connectivity index (χ3n) is 5.00. The van der Waals surface area contributed by atoms with Crippen LogP contribution in [0, 0.1) is 17.6 Å². The van der Waals surface area contributed by atoms with Gasteiger partial charge in [0.15, 0.2) is 11.5 Å². The molecular weight excluding hydrogens is 444 g/mol. The Morgan fingerprint density at radius 3 is 2.29 bits per heavy atom. The zero-order valence-electron chi connectivity index (χ0n) is 19.0. The van der Waals surface area contributed by atoms with Gasteiger partial charge in [-0.2, -0.15) is 0 Å². The molecule has 1 atom stereocenters. The summed E-state index contributed by atoms with van der Waals surface area (Å²) in [7, 11) is 1.50. The highest BCUT2D eigenvalue weighted by Crippen LogP contribution is 2.31. The zero-order valence-corrected chi connectivity index (χ0v) is 19.0. The number of halogens is 2. The fourth-order valence-electron chi connectivity index (χ4n) is 3.19. The number of hydrogen-bond acceptors (Lipinski definition) is 5. The van der Waals surface area contributed by atoms with Crippen molar-refractivity contribution in [1.82, 2.24) is 10.3 Å². The molecule has 0 radical (unpaired) electrons. The molecule has 3 rings (SSSR count). The van der Waals surface area contributed by atoms with Crippen molar-refractivity contribution in [2.45, 2.75) is 26.5 Å². The average Bonchev–Trinajstić information content (AvgIpc) is 2.81. The highest BCUT2D eigenvalue weighted by Gasteiger charge is 2.27. The first-order chi connectivity index (χ1) is 16.3. The van der Waals surface area contributed by atoms with Crippen LogP contribution in [0.15, 0.2) is 60.9 Å². The van der Waals surface area contributed by atoms with Gasteiger partial charge in [-0.15, -0.1) is 0 Å². The summed E-state index contributed by atoms with van der Waals surface area (Å²) in [5.74, 6) is -3.07. The van der Waals surface area contributed by atoms with Gasteiger partial charge < -0.3 is 20.1 Å². The molecule has 178 valence electrons. The van der Waals surface area contributed by atoms with Crippen LogP contribution in [0.25, 0.3) is 0 Å². The van der Waals surface area contributed by atoms with Gasteiger partial charge in [0.25, 0.3) is 5.91 Å². The minimum atomic E-state index is -1.05. The molecular formula is C25H25F2N3O4. The van der Waals surface area contributed by atoms with Crippen molar-refractivity contribution in [3.8, 4) is 11.5 Å². The van der Waals surface area contributed by atoms with Crippen LogP contribution in [-0.2, 0) is 11.4 Å². The van der Waals surface area contributed by atoms with Crippen LogP contribution in [0.2, 0.25) is 0 Å². The maximum Gasteiger partial charge on any atom is 0.257 e. The molecule has 0 bridgehead atoms. The Morgan fingerprint density at radius 1 is 1.00 bits per heavy atom. The lowest BCUT2D eigenvalue weighted by Gasteiger charge is -2.22. The summed E-state index contributed by atoms with van der Waals surface area (Å²) in [6.07, 6.45) is 3.31. The van der Waals surface area contributed by atoms with Gasteiger partial charge in [-0.05, 0) is 47.9 Å². The summed E-state index contributed by atoms with van der Waals surface area (Å²) < 4.78 is 39.1. The first-order valence-electron chi connectivity index (χ1n) is 10.6. The van der Waals surface area contributed by atoms with E-state index >= 15 is 0 Å². The topological polar surface area (TPSA) is 89.6 Å². The van der Waals surface area contributed by atoms with Gasteiger partial charge in [0.05, 0.1) is 7.11 Å². The van der Waals surface area contributed by atoms with Gasteiger partial charge >= 0.3 is 0 Å². The molecule has 2 amide bonds. The first kappa shape index (κ1) is 24.6. The van der Waals surface area contributed by atoms with Crippen molar-refractivity contribution in [2.24, 2.45) is 5.92 Å². The number of anilines is 1. The number of nitrogens with zero attached hydrogens (tertiary/aromatic N) is 1. The van der Waals surface area contributed by atoms with Crippen LogP contribution in [0.5, 0.6) is 11.5 Å². The van der Waals surface area contributed by atoms with E-state index in [1.54, 1.807) is 44.4 Å². The summed E-state index contributed by atoms with van der Waals surface area (Å²) in [4.78, 5) is 29.4. The number of amides is 2. The molecule has 0 aliphatic rings. The van der Waals surface area contributed by atoms with Crippen molar-refractivity contribution >= 4 is 17.5 Å². The second-order valence-corrected chi connectivity index (χ2v) is 7.79. The fourth-order valence-corrected chi connectivity index (χ4v) is 3.19. The largest absolute Gasteiger partial charge is 0.493 e. The van der Waals surface area contributed by atoms with E-state index in [1.807, 2.05) is 12.1 Å². The molecule has 0 saturated carbocycles. The minimum Gasteiger partial charge on any atom is -0.493 e. The monoisotopic (exact) mass is 469 g/mol. The van der Waals surface area contributed by atoms with Crippen LogP contribution >= 0.6 is 0 Å². The Morgan fingerprint density at radius 2 is 1.68 bits per heavy atom. The minimum absolute atomic E-state index is 0.259. The molecule has 0 fully saturated rings. The number of nitrogens with one attached hydrogen (secondary N) is 2. The number of carbonyl (C=O) groups excluding carboxylic acids is 2. The smallest absolute Gasteiger partial charge is 0.257 e. The number of aromatic nitrogens is 1. The summed E-state index contributed by atoms with van der Waals surface area (Å²) >= 11 is 0. The van der Waals surface area contributed by atoms with Crippen LogP contribution in [0.1, 0.15) is 29.8 Å². The summed E-state index contributed by atoms with van der Waals surface area (Å²) in [6, 6.07) is 10.5. The van der Waals surface area contributed by atoms with E-state index in [1.165, 1.54) is 7.11 Å². The SMILES string of the molecule is COc1ccc(NC(=O)[C@@H](NC(=O)c2c(F)cccc2F)C(C)C)cc1OCc1ccncc1. The normalized spacial score (nSPS) is 11.6. The van der Waals surface area contributed by atoms with E-state index in [4.69, 9.17) is 9.47 Å². The molecule has 0 spiro atoms. The molecule has 2 N–H and O–H groups in total. The standard InChI is InChI=1S/C25H25F2N3O4/c1-15(2)23(30-24(31)22-18(26)5-4-6-19(22)27)25(32)29-17-7-8-20(33-3)21(13-17)34-14-16-9-11-28-12-10-16/h4-13,15,23H,14H2,1-3H3,(H,29,32)(H,30,31)/t23-/m0/s1. The van der Waals surface area contributed by atoms with Gasteiger partial charge in [0, 0.05) is 24.1 Å². The number of carbonyl (C=O) groups is 2. The molecule has 0 unspecified atom stereocenters. The number of ether oxygens (including phenoxy) is 2. The number of rotatable bonds is 9. The third kappa shape index (κ3) is 6.06. The van der Waals surface area contributed by atoms with Crippen molar-refractivity contribution < 1.29 is 27.8 Å². The van der Waals surface area contributed by atoms with Crippen LogP contribution in [-0.4, -0.2) is 29.9 Å². The van der Waals surface area contributed by atoms with E-state index in [0.29, 0.717) is 17.2 Å². The lowest BCUT2D eigenvalue weighted by atomic mass is 10.0. The summed E-state index contributed by atoms with van der Waals surface area (Å²) in [5, 5.41) is 5.14. The van der Waals surface area contributed by atoms with E-state index in [2.05, 4.69) is 15.6 Å². The quantitative estimate of drug-likeness (QED) is 0.487. The average molecular weight is 469 g/mol. The van der Waals surface area contributed by atoms with E-state index in [-0.39, 0.29) is 12.5 Å². The Balaban J connectivity index is 1.74. The lowest BCUT2D eigenvalue weighted by molar-refractivity contribution is -0.118. The molecule has 9 heteroatoms. The van der Waals surface area contributed by atoms with Crippen molar-refractivity contribution in [1.29, 1.82) is 0 Å². The predicted octanol–water partition coefficient (Wildman–Crippen LogP) is 4.34. The maximum atomic E-state index is 14.0. The molecule has 34 heavy (non-hydrogen) atoms. The van der Waals surface area contributed by atoms with Gasteiger partial charge in [-0.3, -0.25) is 14.6 Å². The maximum absolute atomic E-state index is 14.0. The number of hydrogen-bond donors (Lipinski definition) is 2. The van der Waals surface area contributed by atoms with Crippen molar-refractivity contribution in [2.75, 3.05) is 12.4 Å². The summed E-state index contributed by atoms with van der Waals surface area (Å²) in [5.41, 5.74) is 0.555. The van der Waals surface area contributed by atoms with Crippen LogP contribution in [0.4, 0.5) is 14.5 Å². The van der Waals surface area contributed by atoms with Gasteiger partial charge in [0.2, 0.25) is 5.91 Å². The van der Waals surface area contributed by atoms with Crippen molar-refractivity contribution in [3.05, 3.63) is 83.7 Å². The van der Waals surface area contributed by atoms with Crippen molar-refractivity contribution in [3.63, 3.8) is 0 Å². The molecule has 0 aliphatic heterocycles. The molecule has 1 aromatic heterocycles. The number of methoxy groups -OCH3 is 1. The lowest BCUT2D eigenvalue weighted by Crippen LogP contribution is -2.47. The second kappa shape index (κ2) is 11.2. The molecule has 3 aromatic rings. The molecule has 1 heterocycles. The molecule has 7 nitrogen and oxygen atoms in total. The first-order valence-corrected chi connectivity index (χ1v) is 10.6. The van der Waals surface area contributed by atoms with Gasteiger partial charge in [0.1, 0.15) is 29.8 Å². The van der Waals surface area contributed by atoms with Crippen LogP contribution in [0.3, 0.4) is 0 Å². The van der Waals surface area contributed by atoms with Gasteiger partial charge in [-0.1, -0.05) is 19.9 Å².